The molecular weight excluding hydrogens is 517 g/mol. The summed E-state index contributed by atoms with van der Waals surface area (Å²) in [5.74, 6) is -0.573. The summed E-state index contributed by atoms with van der Waals surface area (Å²) >= 11 is 0. The average Bonchev–Trinajstić information content (AvgIpc) is 3.49. The standard InChI is InChI=1S/C24H38N5O8P/c1-8-25-21-26-11-17-18(28-21)29(13-27-17)12-24(9-10-24)35-16-38(32,36-14-33-19(30)22(2,3)4)37-15-34-20(31)23(5,6)7/h11,13H,8-10,12,14-16H2,1-7H3,(H,25,26,28). The van der Waals surface area contributed by atoms with Crippen LogP contribution in [-0.4, -0.2) is 63.5 Å². The van der Waals surface area contributed by atoms with Crippen molar-refractivity contribution in [3.05, 3.63) is 12.5 Å². The third-order valence-electron chi connectivity index (χ3n) is 5.59. The molecule has 1 fully saturated rings. The van der Waals surface area contributed by atoms with Gasteiger partial charge in [0.1, 0.15) is 11.9 Å². The molecule has 1 aliphatic carbocycles. The fourth-order valence-electron chi connectivity index (χ4n) is 3.09. The molecule has 0 aliphatic heterocycles. The molecule has 1 aliphatic rings. The molecule has 2 heterocycles. The summed E-state index contributed by atoms with van der Waals surface area (Å²) in [6.45, 7) is 11.9. The lowest BCUT2D eigenvalue weighted by atomic mass is 9.98. The van der Waals surface area contributed by atoms with E-state index < -0.39 is 55.9 Å². The first-order valence-corrected chi connectivity index (χ1v) is 14.2. The molecule has 0 radical (unpaired) electrons. The molecule has 1 saturated carbocycles. The van der Waals surface area contributed by atoms with E-state index >= 15 is 0 Å². The minimum absolute atomic E-state index is 0.407. The molecular formula is C24H38N5O8P. The molecule has 38 heavy (non-hydrogen) atoms. The predicted octanol–water partition coefficient (Wildman–Crippen LogP) is 4.08. The Morgan fingerprint density at radius 3 is 2.11 bits per heavy atom. The maximum Gasteiger partial charge on any atom is 0.361 e. The van der Waals surface area contributed by atoms with Crippen molar-refractivity contribution in [1.29, 1.82) is 0 Å². The highest BCUT2D eigenvalue weighted by Crippen LogP contribution is 2.52. The number of hydrogen-bond acceptors (Lipinski definition) is 12. The van der Waals surface area contributed by atoms with Crippen LogP contribution in [0.5, 0.6) is 0 Å². The summed E-state index contributed by atoms with van der Waals surface area (Å²) < 4.78 is 42.3. The van der Waals surface area contributed by atoms with E-state index in [1.165, 1.54) is 0 Å². The summed E-state index contributed by atoms with van der Waals surface area (Å²) in [6.07, 6.45) is 4.27. The predicted molar refractivity (Wildman–Crippen MR) is 138 cm³/mol. The number of nitrogens with zero attached hydrogens (tertiary/aromatic N) is 4. The van der Waals surface area contributed by atoms with Crippen molar-refractivity contribution < 1.29 is 37.4 Å². The van der Waals surface area contributed by atoms with Gasteiger partial charge in [-0.25, -0.2) is 9.97 Å². The van der Waals surface area contributed by atoms with Gasteiger partial charge in [0.2, 0.25) is 19.5 Å². The summed E-state index contributed by atoms with van der Waals surface area (Å²) in [7, 11) is -3.98. The van der Waals surface area contributed by atoms with E-state index in [0.29, 0.717) is 43.0 Å². The Balaban J connectivity index is 1.66. The number of imidazole rings is 1. The molecule has 13 nitrogen and oxygen atoms in total. The number of fused-ring (bicyclic) bond motifs is 1. The van der Waals surface area contributed by atoms with E-state index in [0.717, 1.165) is 0 Å². The Kier molecular flexibility index (Phi) is 9.18. The van der Waals surface area contributed by atoms with Crippen LogP contribution >= 0.6 is 7.60 Å². The Labute approximate surface area is 222 Å². The lowest BCUT2D eigenvalue weighted by Gasteiger charge is -2.24. The first kappa shape index (κ1) is 29.9. The highest BCUT2D eigenvalue weighted by molar-refractivity contribution is 7.53. The summed E-state index contributed by atoms with van der Waals surface area (Å²) in [5.41, 5.74) is -0.891. The highest BCUT2D eigenvalue weighted by atomic mass is 31.2. The zero-order valence-electron chi connectivity index (χ0n) is 23.1. The van der Waals surface area contributed by atoms with E-state index in [4.69, 9.17) is 23.3 Å². The Bertz CT molecular complexity index is 1150. The van der Waals surface area contributed by atoms with Gasteiger partial charge in [-0.05, 0) is 61.3 Å². The zero-order valence-corrected chi connectivity index (χ0v) is 24.0. The molecule has 0 spiro atoms. The number of nitrogens with one attached hydrogen (secondary N) is 1. The van der Waals surface area contributed by atoms with Gasteiger partial charge in [0.25, 0.3) is 0 Å². The van der Waals surface area contributed by atoms with Gasteiger partial charge >= 0.3 is 19.5 Å². The molecule has 1 N–H and O–H groups in total. The number of carbonyl (C=O) groups is 2. The van der Waals surface area contributed by atoms with Gasteiger partial charge < -0.3 is 24.1 Å². The summed E-state index contributed by atoms with van der Waals surface area (Å²) in [4.78, 5) is 37.3. The van der Waals surface area contributed by atoms with Crippen molar-refractivity contribution in [1.82, 2.24) is 19.5 Å². The number of esters is 2. The zero-order chi connectivity index (χ0) is 28.2. The van der Waals surface area contributed by atoms with Crippen LogP contribution in [-0.2, 0) is 44.0 Å². The van der Waals surface area contributed by atoms with Gasteiger partial charge in [0.15, 0.2) is 5.65 Å². The van der Waals surface area contributed by atoms with Gasteiger partial charge in [-0.1, -0.05) is 0 Å². The second-order valence-corrected chi connectivity index (χ2v) is 13.2. The van der Waals surface area contributed by atoms with Crippen molar-refractivity contribution >= 4 is 36.6 Å². The number of hydrogen-bond donors (Lipinski definition) is 1. The smallest absolute Gasteiger partial charge is 0.361 e. The summed E-state index contributed by atoms with van der Waals surface area (Å²) in [5, 5.41) is 3.08. The van der Waals surface area contributed by atoms with E-state index in [-0.39, 0.29) is 0 Å². The second kappa shape index (κ2) is 11.6. The fourth-order valence-corrected chi connectivity index (χ4v) is 4.18. The second-order valence-electron chi connectivity index (χ2n) is 11.2. The average molecular weight is 556 g/mol. The van der Waals surface area contributed by atoms with E-state index in [1.807, 2.05) is 11.5 Å². The Morgan fingerprint density at radius 1 is 1.03 bits per heavy atom. The van der Waals surface area contributed by atoms with Crippen molar-refractivity contribution in [2.75, 3.05) is 31.8 Å². The fraction of sp³-hybridized carbons (Fsp3) is 0.708. The van der Waals surface area contributed by atoms with Gasteiger partial charge in [-0.2, -0.15) is 4.98 Å². The van der Waals surface area contributed by atoms with Crippen molar-refractivity contribution in [2.24, 2.45) is 10.8 Å². The third-order valence-corrected chi connectivity index (χ3v) is 7.03. The van der Waals surface area contributed by atoms with Crippen LogP contribution in [0.1, 0.15) is 61.3 Å². The van der Waals surface area contributed by atoms with Crippen LogP contribution in [0.3, 0.4) is 0 Å². The monoisotopic (exact) mass is 555 g/mol. The largest absolute Gasteiger partial charge is 0.438 e. The number of aromatic nitrogens is 4. The minimum atomic E-state index is -3.98. The first-order chi connectivity index (χ1) is 17.7. The molecule has 0 unspecified atom stereocenters. The molecule has 2 aromatic heterocycles. The molecule has 0 amide bonds. The molecule has 0 bridgehead atoms. The topological polar surface area (TPSA) is 153 Å². The number of rotatable bonds is 13. The lowest BCUT2D eigenvalue weighted by Crippen LogP contribution is -2.26. The third kappa shape index (κ3) is 8.20. The molecule has 0 saturated heterocycles. The quantitative estimate of drug-likeness (QED) is 0.215. The number of anilines is 1. The van der Waals surface area contributed by atoms with Crippen LogP contribution in [0.25, 0.3) is 11.2 Å². The van der Waals surface area contributed by atoms with E-state index in [9.17, 15) is 14.2 Å². The van der Waals surface area contributed by atoms with Crippen molar-refractivity contribution in [3.8, 4) is 0 Å². The molecule has 0 aromatic carbocycles. The van der Waals surface area contributed by atoms with Crippen LogP contribution in [0, 0.1) is 10.8 Å². The van der Waals surface area contributed by atoms with E-state index in [2.05, 4.69) is 20.3 Å². The van der Waals surface area contributed by atoms with Gasteiger partial charge in [0.05, 0.1) is 35.5 Å². The van der Waals surface area contributed by atoms with Gasteiger partial charge in [-0.15, -0.1) is 0 Å². The van der Waals surface area contributed by atoms with Gasteiger partial charge in [-0.3, -0.25) is 23.2 Å². The number of ether oxygens (including phenoxy) is 3. The van der Waals surface area contributed by atoms with Crippen LogP contribution in [0.4, 0.5) is 5.95 Å². The molecule has 2 aromatic rings. The van der Waals surface area contributed by atoms with E-state index in [1.54, 1.807) is 54.1 Å². The van der Waals surface area contributed by atoms with Crippen LogP contribution in [0.15, 0.2) is 12.5 Å². The molecule has 0 atom stereocenters. The normalized spacial score (nSPS) is 15.3. The SMILES string of the molecule is CCNc1ncc2ncn(CC3(OCP(=O)(OCOC(=O)C(C)(C)C)OCOC(=O)C(C)(C)C)CC3)c2n1. The molecule has 14 heteroatoms. The van der Waals surface area contributed by atoms with Crippen LogP contribution in [0.2, 0.25) is 0 Å². The highest BCUT2D eigenvalue weighted by Gasteiger charge is 2.47. The first-order valence-electron chi connectivity index (χ1n) is 12.4. The maximum atomic E-state index is 13.5. The Morgan fingerprint density at radius 2 is 1.61 bits per heavy atom. The molecule has 212 valence electrons. The van der Waals surface area contributed by atoms with Crippen LogP contribution < -0.4 is 5.32 Å². The number of carbonyl (C=O) groups excluding carboxylic acids is 2. The molecule has 3 rings (SSSR count). The van der Waals surface area contributed by atoms with Crippen molar-refractivity contribution in [2.45, 2.75) is 73.5 Å². The lowest BCUT2D eigenvalue weighted by molar-refractivity contribution is -0.162. The summed E-state index contributed by atoms with van der Waals surface area (Å²) in [6, 6.07) is 0. The van der Waals surface area contributed by atoms with Crippen molar-refractivity contribution in [3.63, 3.8) is 0 Å². The van der Waals surface area contributed by atoms with Gasteiger partial charge in [0, 0.05) is 6.54 Å². The maximum absolute atomic E-state index is 13.5. The minimum Gasteiger partial charge on any atom is -0.438 e. The Hall–Kier alpha value is -2.60.